The van der Waals surface area contributed by atoms with Crippen LogP contribution in [0.3, 0.4) is 0 Å². The van der Waals surface area contributed by atoms with Gasteiger partial charge in [0, 0.05) is 18.9 Å². The molecule has 0 saturated carbocycles. The first-order chi connectivity index (χ1) is 16.6. The van der Waals surface area contributed by atoms with Crippen LogP contribution < -0.4 is 15.6 Å². The van der Waals surface area contributed by atoms with Crippen LogP contribution in [-0.4, -0.2) is 36.3 Å². The molecule has 174 valence electrons. The lowest BCUT2D eigenvalue weighted by atomic mass is 10.1. The number of hydrogen-bond acceptors (Lipinski definition) is 6. The molecule has 0 unspecified atom stereocenters. The normalized spacial score (nSPS) is 11.8. The first-order valence-corrected chi connectivity index (χ1v) is 11.6. The van der Waals surface area contributed by atoms with E-state index in [1.807, 2.05) is 54.6 Å². The monoisotopic (exact) mass is 475 g/mol. The van der Waals surface area contributed by atoms with E-state index in [4.69, 9.17) is 14.5 Å². The third-order valence-corrected chi connectivity index (χ3v) is 6.49. The second kappa shape index (κ2) is 11.0. The van der Waals surface area contributed by atoms with E-state index in [1.54, 1.807) is 43.1 Å². The quantitative estimate of drug-likeness (QED) is 0.283. The van der Waals surface area contributed by atoms with Crippen molar-refractivity contribution in [2.45, 2.75) is 17.0 Å². The maximum atomic E-state index is 13.5. The molecule has 0 fully saturated rings. The minimum atomic E-state index is -0.644. The summed E-state index contributed by atoms with van der Waals surface area (Å²) in [5.74, 6) is 0.413. The molecular weight excluding hydrogens is 450 g/mol. The molecule has 0 radical (unpaired) electrons. The van der Waals surface area contributed by atoms with Crippen molar-refractivity contribution in [3.8, 4) is 5.75 Å². The summed E-state index contributed by atoms with van der Waals surface area (Å²) in [5, 5.41) is 3.31. The van der Waals surface area contributed by atoms with E-state index in [1.165, 1.54) is 11.8 Å². The Bertz CT molecular complexity index is 1340. The smallest absolute Gasteiger partial charge is 0.262 e. The topological polar surface area (TPSA) is 82.4 Å². The fraction of sp³-hybridized carbons (Fsp3) is 0.192. The molecule has 1 heterocycles. The van der Waals surface area contributed by atoms with Gasteiger partial charge < -0.3 is 14.8 Å². The van der Waals surface area contributed by atoms with Gasteiger partial charge in [-0.3, -0.25) is 14.2 Å². The number of fused-ring (bicyclic) bond motifs is 1. The number of aromatic nitrogens is 2. The Morgan fingerprint density at radius 3 is 2.56 bits per heavy atom. The second-order valence-corrected chi connectivity index (χ2v) is 8.56. The summed E-state index contributed by atoms with van der Waals surface area (Å²) < 4.78 is 12.1. The van der Waals surface area contributed by atoms with Crippen LogP contribution in [0.15, 0.2) is 88.8 Å². The number of carbonyl (C=O) groups excluding carboxylic acids is 1. The van der Waals surface area contributed by atoms with Gasteiger partial charge in [0.05, 0.1) is 31.2 Å². The molecule has 1 aromatic heterocycles. The highest BCUT2D eigenvalue weighted by Crippen LogP contribution is 2.35. The molecule has 0 aliphatic carbocycles. The van der Waals surface area contributed by atoms with Gasteiger partial charge in [0.15, 0.2) is 5.16 Å². The van der Waals surface area contributed by atoms with Crippen LogP contribution in [0, 0.1) is 0 Å². The number of rotatable bonds is 9. The number of benzene rings is 3. The van der Waals surface area contributed by atoms with Crippen LogP contribution in [0.5, 0.6) is 5.75 Å². The predicted octanol–water partition coefficient (Wildman–Crippen LogP) is 4.52. The number of thioether (sulfide) groups is 1. The van der Waals surface area contributed by atoms with Crippen LogP contribution in [0.25, 0.3) is 10.9 Å². The molecule has 8 heteroatoms. The van der Waals surface area contributed by atoms with Gasteiger partial charge in [0.2, 0.25) is 5.91 Å². The van der Waals surface area contributed by atoms with Crippen molar-refractivity contribution in [1.29, 1.82) is 0 Å². The van der Waals surface area contributed by atoms with Crippen molar-refractivity contribution in [2.75, 3.05) is 26.1 Å². The third-order valence-electron chi connectivity index (χ3n) is 5.25. The number of para-hydroxylation sites is 1. The molecule has 3 aromatic carbocycles. The Morgan fingerprint density at radius 2 is 1.79 bits per heavy atom. The van der Waals surface area contributed by atoms with Crippen LogP contribution in [0.2, 0.25) is 0 Å². The lowest BCUT2D eigenvalue weighted by Crippen LogP contribution is -2.26. The SMILES string of the molecule is COCCn1c(S[C@H](C(=O)Nc2cccc(OC)c2)c2ccccc2)nc2ccccc2c1=O. The van der Waals surface area contributed by atoms with Crippen molar-refractivity contribution < 1.29 is 14.3 Å². The number of ether oxygens (including phenoxy) is 2. The standard InChI is InChI=1S/C26H25N3O4S/c1-32-16-15-29-25(31)21-13-6-7-14-22(21)28-26(29)34-23(18-9-4-3-5-10-18)24(30)27-19-11-8-12-20(17-19)33-2/h3-14,17,23H,15-16H2,1-2H3,(H,27,30)/t23-/m0/s1. The molecule has 0 aliphatic rings. The number of hydrogen-bond donors (Lipinski definition) is 1. The average Bonchev–Trinajstić information content (AvgIpc) is 2.87. The second-order valence-electron chi connectivity index (χ2n) is 7.49. The van der Waals surface area contributed by atoms with E-state index < -0.39 is 5.25 Å². The lowest BCUT2D eigenvalue weighted by Gasteiger charge is -2.19. The number of nitrogens with zero attached hydrogens (tertiary/aromatic N) is 2. The number of carbonyl (C=O) groups is 1. The molecule has 0 spiro atoms. The number of anilines is 1. The van der Waals surface area contributed by atoms with Crippen LogP contribution in [-0.2, 0) is 16.1 Å². The molecule has 1 N–H and O–H groups in total. The fourth-order valence-electron chi connectivity index (χ4n) is 3.53. The summed E-state index contributed by atoms with van der Waals surface area (Å²) >= 11 is 1.24. The highest BCUT2D eigenvalue weighted by Gasteiger charge is 2.25. The van der Waals surface area contributed by atoms with Gasteiger partial charge in [-0.1, -0.05) is 60.3 Å². The average molecular weight is 476 g/mol. The Kier molecular flexibility index (Phi) is 7.61. The van der Waals surface area contributed by atoms with Crippen molar-refractivity contribution in [1.82, 2.24) is 9.55 Å². The largest absolute Gasteiger partial charge is 0.497 e. The predicted molar refractivity (Wildman–Crippen MR) is 135 cm³/mol. The third kappa shape index (κ3) is 5.30. The molecule has 0 saturated heterocycles. The van der Waals surface area contributed by atoms with Crippen LogP contribution >= 0.6 is 11.8 Å². The molecule has 4 aromatic rings. The van der Waals surface area contributed by atoms with Gasteiger partial charge >= 0.3 is 0 Å². The fourth-order valence-corrected chi connectivity index (χ4v) is 4.65. The van der Waals surface area contributed by atoms with Crippen LogP contribution in [0.4, 0.5) is 5.69 Å². The van der Waals surface area contributed by atoms with Gasteiger partial charge in [-0.15, -0.1) is 0 Å². The van der Waals surface area contributed by atoms with Gasteiger partial charge in [0.1, 0.15) is 11.0 Å². The zero-order valence-electron chi connectivity index (χ0n) is 18.9. The van der Waals surface area contributed by atoms with E-state index in [2.05, 4.69) is 5.32 Å². The van der Waals surface area contributed by atoms with Crippen molar-refractivity contribution in [2.24, 2.45) is 0 Å². The van der Waals surface area contributed by atoms with Crippen LogP contribution in [0.1, 0.15) is 10.8 Å². The molecule has 1 amide bonds. The molecular formula is C26H25N3O4S. The van der Waals surface area contributed by atoms with Crippen molar-refractivity contribution >= 4 is 34.3 Å². The zero-order chi connectivity index (χ0) is 23.9. The Morgan fingerprint density at radius 1 is 1.03 bits per heavy atom. The Balaban J connectivity index is 1.74. The lowest BCUT2D eigenvalue weighted by molar-refractivity contribution is -0.115. The highest BCUT2D eigenvalue weighted by atomic mass is 32.2. The van der Waals surface area contributed by atoms with E-state index in [0.717, 1.165) is 5.56 Å². The maximum Gasteiger partial charge on any atom is 0.262 e. The summed E-state index contributed by atoms with van der Waals surface area (Å²) in [5.41, 5.74) is 1.84. The summed E-state index contributed by atoms with van der Waals surface area (Å²) in [6.07, 6.45) is 0. The number of amides is 1. The van der Waals surface area contributed by atoms with E-state index in [9.17, 15) is 9.59 Å². The van der Waals surface area contributed by atoms with Gasteiger partial charge in [-0.05, 0) is 29.8 Å². The van der Waals surface area contributed by atoms with Crippen molar-refractivity contribution in [3.63, 3.8) is 0 Å². The van der Waals surface area contributed by atoms with Crippen molar-refractivity contribution in [3.05, 3.63) is 94.8 Å². The number of nitrogens with one attached hydrogen (secondary N) is 1. The summed E-state index contributed by atoms with van der Waals surface area (Å²) in [7, 11) is 3.16. The van der Waals surface area contributed by atoms with E-state index in [0.29, 0.717) is 40.6 Å². The Hall–Kier alpha value is -3.62. The van der Waals surface area contributed by atoms with Gasteiger partial charge in [-0.2, -0.15) is 0 Å². The van der Waals surface area contributed by atoms with E-state index in [-0.39, 0.29) is 11.5 Å². The Labute approximate surface area is 201 Å². The minimum Gasteiger partial charge on any atom is -0.497 e. The van der Waals surface area contributed by atoms with E-state index >= 15 is 0 Å². The molecule has 34 heavy (non-hydrogen) atoms. The van der Waals surface area contributed by atoms with Gasteiger partial charge in [-0.25, -0.2) is 4.98 Å². The van der Waals surface area contributed by atoms with Gasteiger partial charge in [0.25, 0.3) is 5.56 Å². The molecule has 4 rings (SSSR count). The molecule has 7 nitrogen and oxygen atoms in total. The minimum absolute atomic E-state index is 0.162. The summed E-state index contributed by atoms with van der Waals surface area (Å²) in [4.78, 5) is 31.5. The molecule has 0 aliphatic heterocycles. The zero-order valence-corrected chi connectivity index (χ0v) is 19.7. The first-order valence-electron chi connectivity index (χ1n) is 10.8. The molecule has 0 bridgehead atoms. The highest BCUT2D eigenvalue weighted by molar-refractivity contribution is 8.00. The first kappa shape index (κ1) is 23.5. The number of methoxy groups -OCH3 is 2. The summed E-state index contributed by atoms with van der Waals surface area (Å²) in [6, 6.07) is 23.8. The summed E-state index contributed by atoms with van der Waals surface area (Å²) in [6.45, 7) is 0.675. The maximum absolute atomic E-state index is 13.5. The molecule has 1 atom stereocenters.